The van der Waals surface area contributed by atoms with Crippen LogP contribution < -0.4 is 0 Å². The molecule has 0 saturated carbocycles. The number of nitrogens with zero attached hydrogens (tertiary/aromatic N) is 1. The number of unbranched alkanes of at least 4 members (excludes halogenated alkanes) is 2. The number of aliphatic carboxylic acids is 1. The molecule has 0 rings (SSSR count). The van der Waals surface area contributed by atoms with Gasteiger partial charge in [0, 0.05) is 19.0 Å². The van der Waals surface area contributed by atoms with Crippen molar-refractivity contribution < 1.29 is 18.3 Å². The maximum Gasteiger partial charge on any atom is 0.303 e. The molecule has 108 valence electrons. The van der Waals surface area contributed by atoms with Crippen molar-refractivity contribution in [2.45, 2.75) is 58.9 Å². The van der Waals surface area contributed by atoms with Gasteiger partial charge in [-0.25, -0.2) is 8.42 Å². The highest BCUT2D eigenvalue weighted by molar-refractivity contribution is 7.89. The molecule has 0 spiro atoms. The second kappa shape index (κ2) is 8.48. The zero-order chi connectivity index (χ0) is 14.2. The molecule has 6 heteroatoms. The Morgan fingerprint density at radius 3 is 2.28 bits per heavy atom. The molecule has 0 radical (unpaired) electrons. The zero-order valence-corrected chi connectivity index (χ0v) is 12.4. The Labute approximate surface area is 110 Å². The van der Waals surface area contributed by atoms with E-state index in [0.29, 0.717) is 6.54 Å². The second-order valence-electron chi connectivity index (χ2n) is 4.72. The molecule has 0 heterocycles. The van der Waals surface area contributed by atoms with Crippen molar-refractivity contribution in [2.24, 2.45) is 0 Å². The summed E-state index contributed by atoms with van der Waals surface area (Å²) in [6.07, 6.45) is 2.99. The number of hydrogen-bond donors (Lipinski definition) is 1. The fourth-order valence-electron chi connectivity index (χ4n) is 1.76. The van der Waals surface area contributed by atoms with E-state index in [-0.39, 0.29) is 24.6 Å². The average Bonchev–Trinajstić information content (AvgIpc) is 2.22. The Morgan fingerprint density at radius 1 is 1.22 bits per heavy atom. The minimum Gasteiger partial charge on any atom is -0.481 e. The van der Waals surface area contributed by atoms with Gasteiger partial charge in [0.2, 0.25) is 10.0 Å². The summed E-state index contributed by atoms with van der Waals surface area (Å²) in [5.74, 6) is -1.03. The third-order valence-electron chi connectivity index (χ3n) is 2.71. The van der Waals surface area contributed by atoms with Crippen LogP contribution in [-0.4, -0.2) is 42.1 Å². The first-order valence-electron chi connectivity index (χ1n) is 6.52. The average molecular weight is 279 g/mol. The first-order valence-corrected chi connectivity index (χ1v) is 8.13. The lowest BCUT2D eigenvalue weighted by Crippen LogP contribution is -2.39. The summed E-state index contributed by atoms with van der Waals surface area (Å²) in [7, 11) is -3.33. The predicted octanol–water partition coefficient (Wildman–Crippen LogP) is 2.08. The molecule has 0 unspecified atom stereocenters. The van der Waals surface area contributed by atoms with Gasteiger partial charge in [-0.05, 0) is 26.7 Å². The van der Waals surface area contributed by atoms with E-state index in [4.69, 9.17) is 5.11 Å². The third kappa shape index (κ3) is 6.96. The maximum absolute atomic E-state index is 12.1. The summed E-state index contributed by atoms with van der Waals surface area (Å²) in [6.45, 7) is 6.30. The molecule has 0 amide bonds. The molecule has 0 aromatic heterocycles. The lowest BCUT2D eigenvalue weighted by atomic mass is 10.2. The van der Waals surface area contributed by atoms with E-state index >= 15 is 0 Å². The summed E-state index contributed by atoms with van der Waals surface area (Å²) in [6, 6.07) is -0.0725. The van der Waals surface area contributed by atoms with Crippen LogP contribution in [0.3, 0.4) is 0 Å². The molecule has 0 aromatic carbocycles. The summed E-state index contributed by atoms with van der Waals surface area (Å²) >= 11 is 0. The first kappa shape index (κ1) is 17.4. The molecule has 0 bridgehead atoms. The highest BCUT2D eigenvalue weighted by Gasteiger charge is 2.24. The lowest BCUT2D eigenvalue weighted by molar-refractivity contribution is -0.137. The van der Waals surface area contributed by atoms with Crippen molar-refractivity contribution in [3.63, 3.8) is 0 Å². The Morgan fingerprint density at radius 2 is 1.83 bits per heavy atom. The fraction of sp³-hybridized carbons (Fsp3) is 0.917. The van der Waals surface area contributed by atoms with Crippen molar-refractivity contribution in [1.82, 2.24) is 4.31 Å². The first-order chi connectivity index (χ1) is 8.31. The number of sulfonamides is 1. The minimum atomic E-state index is -3.33. The van der Waals surface area contributed by atoms with Crippen LogP contribution in [0.2, 0.25) is 0 Å². The molecule has 18 heavy (non-hydrogen) atoms. The molecule has 0 aliphatic heterocycles. The Bertz CT molecular complexity index is 338. The molecule has 0 aliphatic rings. The second-order valence-corrected chi connectivity index (χ2v) is 6.77. The topological polar surface area (TPSA) is 74.7 Å². The van der Waals surface area contributed by atoms with Crippen LogP contribution >= 0.6 is 0 Å². The molecule has 1 N–H and O–H groups in total. The van der Waals surface area contributed by atoms with Gasteiger partial charge in [-0.15, -0.1) is 0 Å². The van der Waals surface area contributed by atoms with Gasteiger partial charge in [-0.1, -0.05) is 19.8 Å². The summed E-state index contributed by atoms with van der Waals surface area (Å²) < 4.78 is 25.7. The number of rotatable bonds is 10. The molecule has 0 atom stereocenters. The standard InChI is InChI=1S/C12H25NO4S/c1-4-5-6-9-13(11(2)3)18(16,17)10-7-8-12(14)15/h11H,4-10H2,1-3H3,(H,14,15). The minimum absolute atomic E-state index is 0.0725. The molecule has 0 fully saturated rings. The van der Waals surface area contributed by atoms with Gasteiger partial charge in [0.15, 0.2) is 0 Å². The highest BCUT2D eigenvalue weighted by atomic mass is 32.2. The Hall–Kier alpha value is -0.620. The van der Waals surface area contributed by atoms with Gasteiger partial charge >= 0.3 is 5.97 Å². The van der Waals surface area contributed by atoms with Gasteiger partial charge in [0.05, 0.1) is 5.75 Å². The van der Waals surface area contributed by atoms with E-state index in [0.717, 1.165) is 19.3 Å². The molecule has 0 aromatic rings. The quantitative estimate of drug-likeness (QED) is 0.621. The van der Waals surface area contributed by atoms with Crippen LogP contribution in [-0.2, 0) is 14.8 Å². The van der Waals surface area contributed by atoms with Crippen molar-refractivity contribution >= 4 is 16.0 Å². The van der Waals surface area contributed by atoms with Gasteiger partial charge in [-0.2, -0.15) is 4.31 Å². The van der Waals surface area contributed by atoms with E-state index in [1.54, 1.807) is 0 Å². The van der Waals surface area contributed by atoms with Crippen LogP contribution in [0, 0.1) is 0 Å². The summed E-state index contributed by atoms with van der Waals surface area (Å²) in [5.41, 5.74) is 0. The van der Waals surface area contributed by atoms with Crippen LogP contribution in [0.4, 0.5) is 0 Å². The molecule has 0 saturated heterocycles. The monoisotopic (exact) mass is 279 g/mol. The van der Waals surface area contributed by atoms with E-state index in [1.807, 2.05) is 13.8 Å². The van der Waals surface area contributed by atoms with Crippen molar-refractivity contribution in [3.05, 3.63) is 0 Å². The van der Waals surface area contributed by atoms with Gasteiger partial charge in [0.1, 0.15) is 0 Å². The van der Waals surface area contributed by atoms with Crippen molar-refractivity contribution in [3.8, 4) is 0 Å². The number of carboxylic acid groups (broad SMARTS) is 1. The largest absolute Gasteiger partial charge is 0.481 e. The maximum atomic E-state index is 12.1. The molecule has 0 aliphatic carbocycles. The Kier molecular flexibility index (Phi) is 8.18. The predicted molar refractivity (Wildman–Crippen MR) is 72.0 cm³/mol. The molecular weight excluding hydrogens is 254 g/mol. The van der Waals surface area contributed by atoms with Crippen molar-refractivity contribution in [1.29, 1.82) is 0 Å². The third-order valence-corrected chi connectivity index (χ3v) is 4.83. The molecule has 5 nitrogen and oxygen atoms in total. The van der Waals surface area contributed by atoms with E-state index in [9.17, 15) is 13.2 Å². The van der Waals surface area contributed by atoms with E-state index in [1.165, 1.54) is 4.31 Å². The lowest BCUT2D eigenvalue weighted by Gasteiger charge is -2.25. The Balaban J connectivity index is 4.42. The van der Waals surface area contributed by atoms with Crippen molar-refractivity contribution in [2.75, 3.05) is 12.3 Å². The van der Waals surface area contributed by atoms with Gasteiger partial charge in [0.25, 0.3) is 0 Å². The molecular formula is C12H25NO4S. The van der Waals surface area contributed by atoms with Gasteiger partial charge < -0.3 is 5.11 Å². The number of carbonyl (C=O) groups is 1. The fourth-order valence-corrected chi connectivity index (χ4v) is 3.55. The van der Waals surface area contributed by atoms with Crippen LogP contribution in [0.15, 0.2) is 0 Å². The van der Waals surface area contributed by atoms with Gasteiger partial charge in [-0.3, -0.25) is 4.79 Å². The van der Waals surface area contributed by atoms with Crippen LogP contribution in [0.1, 0.15) is 52.9 Å². The van der Waals surface area contributed by atoms with E-state index in [2.05, 4.69) is 6.92 Å². The summed E-state index contributed by atoms with van der Waals surface area (Å²) in [5, 5.41) is 8.52. The normalized spacial score (nSPS) is 12.3. The zero-order valence-electron chi connectivity index (χ0n) is 11.6. The highest BCUT2D eigenvalue weighted by Crippen LogP contribution is 2.12. The smallest absolute Gasteiger partial charge is 0.303 e. The van der Waals surface area contributed by atoms with E-state index < -0.39 is 16.0 Å². The SMILES string of the molecule is CCCCCN(C(C)C)S(=O)(=O)CCCC(=O)O. The summed E-state index contributed by atoms with van der Waals surface area (Å²) in [4.78, 5) is 10.4. The van der Waals surface area contributed by atoms with Crippen LogP contribution in [0.5, 0.6) is 0 Å². The number of carboxylic acids is 1. The van der Waals surface area contributed by atoms with Crippen LogP contribution in [0.25, 0.3) is 0 Å². The number of hydrogen-bond acceptors (Lipinski definition) is 3.